The van der Waals surface area contributed by atoms with Crippen LogP contribution >= 0.6 is 0 Å². The van der Waals surface area contributed by atoms with E-state index in [0.717, 1.165) is 39.3 Å². The molecule has 0 saturated carbocycles. The van der Waals surface area contributed by atoms with E-state index >= 15 is 0 Å². The number of hydrogen-bond donors (Lipinski definition) is 1. The maximum atomic E-state index is 5.28. The molecule has 2 aromatic rings. The maximum absolute atomic E-state index is 5.28. The van der Waals surface area contributed by atoms with Crippen LogP contribution in [0.15, 0.2) is 48.5 Å². The summed E-state index contributed by atoms with van der Waals surface area (Å²) in [6, 6.07) is 17.8. The Labute approximate surface area is 194 Å². The summed E-state index contributed by atoms with van der Waals surface area (Å²) in [7, 11) is 7.21. The zero-order chi connectivity index (χ0) is 23.2. The summed E-state index contributed by atoms with van der Waals surface area (Å²) in [6.45, 7) is 8.87. The van der Waals surface area contributed by atoms with Gasteiger partial charge in [-0.3, -0.25) is 0 Å². The molecule has 178 valence electrons. The molecule has 0 aromatic heterocycles. The molecule has 0 aliphatic rings. The second kappa shape index (κ2) is 14.9. The van der Waals surface area contributed by atoms with Gasteiger partial charge in [-0.05, 0) is 42.4 Å². The average Bonchev–Trinajstić information content (AvgIpc) is 2.84. The van der Waals surface area contributed by atoms with Crippen LogP contribution in [-0.4, -0.2) is 80.9 Å². The van der Waals surface area contributed by atoms with Gasteiger partial charge in [0.2, 0.25) is 0 Å². The van der Waals surface area contributed by atoms with E-state index in [2.05, 4.69) is 70.6 Å². The molecule has 6 heteroatoms. The van der Waals surface area contributed by atoms with E-state index in [1.165, 1.54) is 22.5 Å². The first-order valence-corrected chi connectivity index (χ1v) is 11.5. The number of nitrogens with one attached hydrogen (secondary N) is 1. The maximum Gasteiger partial charge on any atom is 0.0637 e. The van der Waals surface area contributed by atoms with E-state index in [1.807, 2.05) is 7.05 Å². The third-order valence-electron chi connectivity index (χ3n) is 5.84. The average molecular weight is 444 g/mol. The predicted molar refractivity (Wildman–Crippen MR) is 134 cm³/mol. The van der Waals surface area contributed by atoms with Crippen LogP contribution in [0.4, 0.5) is 11.4 Å². The third kappa shape index (κ3) is 8.10. The molecule has 2 rings (SSSR count). The molecule has 0 aliphatic heterocycles. The van der Waals surface area contributed by atoms with Gasteiger partial charge in [-0.25, -0.2) is 0 Å². The quantitative estimate of drug-likeness (QED) is 0.428. The van der Waals surface area contributed by atoms with Crippen LogP contribution < -0.4 is 15.1 Å². The van der Waals surface area contributed by atoms with Gasteiger partial charge in [-0.1, -0.05) is 31.2 Å². The highest BCUT2D eigenvalue weighted by Gasteiger charge is 2.12. The Morgan fingerprint density at radius 1 is 0.656 bits per heavy atom. The number of rotatable bonds is 16. The molecule has 0 bridgehead atoms. The SMILES string of the molecule is CNCCN(CCOC)c1ccc(C(C)c2ccc(N(CCOC)CCOC)cc2)cc1. The van der Waals surface area contributed by atoms with E-state index < -0.39 is 0 Å². The van der Waals surface area contributed by atoms with Gasteiger partial charge < -0.3 is 29.3 Å². The summed E-state index contributed by atoms with van der Waals surface area (Å²) in [4.78, 5) is 4.66. The Hall–Kier alpha value is -2.12. The summed E-state index contributed by atoms with van der Waals surface area (Å²) >= 11 is 0. The molecular formula is C26H41N3O3. The minimum Gasteiger partial charge on any atom is -0.383 e. The van der Waals surface area contributed by atoms with E-state index in [4.69, 9.17) is 14.2 Å². The molecule has 6 nitrogen and oxygen atoms in total. The molecule has 0 heterocycles. The van der Waals surface area contributed by atoms with Crippen LogP contribution in [0.2, 0.25) is 0 Å². The van der Waals surface area contributed by atoms with Gasteiger partial charge in [0.05, 0.1) is 19.8 Å². The lowest BCUT2D eigenvalue weighted by Gasteiger charge is -2.26. The molecule has 2 aromatic carbocycles. The fourth-order valence-corrected chi connectivity index (χ4v) is 3.73. The smallest absolute Gasteiger partial charge is 0.0637 e. The van der Waals surface area contributed by atoms with Crippen molar-refractivity contribution in [3.63, 3.8) is 0 Å². The Kier molecular flexibility index (Phi) is 12.1. The van der Waals surface area contributed by atoms with Gasteiger partial charge in [0.25, 0.3) is 0 Å². The molecule has 0 fully saturated rings. The molecule has 1 N–H and O–H groups in total. The van der Waals surface area contributed by atoms with Crippen LogP contribution in [0.3, 0.4) is 0 Å². The van der Waals surface area contributed by atoms with Crippen molar-refractivity contribution in [2.75, 3.05) is 90.7 Å². The second-order valence-electron chi connectivity index (χ2n) is 7.96. The van der Waals surface area contributed by atoms with Crippen molar-refractivity contribution in [2.24, 2.45) is 0 Å². The fourth-order valence-electron chi connectivity index (χ4n) is 3.73. The number of ether oxygens (including phenoxy) is 3. The zero-order valence-electron chi connectivity index (χ0n) is 20.5. The van der Waals surface area contributed by atoms with Gasteiger partial charge in [-0.15, -0.1) is 0 Å². The summed E-state index contributed by atoms with van der Waals surface area (Å²) in [5, 5.41) is 3.23. The minimum atomic E-state index is 0.328. The number of nitrogens with zero attached hydrogens (tertiary/aromatic N) is 2. The first-order valence-electron chi connectivity index (χ1n) is 11.5. The van der Waals surface area contributed by atoms with Crippen molar-refractivity contribution in [1.29, 1.82) is 0 Å². The normalized spacial score (nSPS) is 12.0. The van der Waals surface area contributed by atoms with Gasteiger partial charge in [0.15, 0.2) is 0 Å². The second-order valence-corrected chi connectivity index (χ2v) is 7.96. The molecule has 0 amide bonds. The van der Waals surface area contributed by atoms with Gasteiger partial charge in [0, 0.05) is 71.3 Å². The Balaban J connectivity index is 2.08. The summed E-state index contributed by atoms with van der Waals surface area (Å²) < 4.78 is 15.8. The van der Waals surface area contributed by atoms with Gasteiger partial charge >= 0.3 is 0 Å². The van der Waals surface area contributed by atoms with Crippen molar-refractivity contribution in [3.8, 4) is 0 Å². The molecule has 32 heavy (non-hydrogen) atoms. The standard InChI is InChI=1S/C26H41N3O3/c1-22(23-6-10-25(11-7-23)28(15-14-27-2)16-19-30-3)24-8-12-26(13-9-24)29(17-20-31-4)18-21-32-5/h6-13,22,27H,14-21H2,1-5H3. The van der Waals surface area contributed by atoms with Crippen LogP contribution in [-0.2, 0) is 14.2 Å². The highest BCUT2D eigenvalue weighted by atomic mass is 16.5. The van der Waals surface area contributed by atoms with Crippen molar-refractivity contribution in [3.05, 3.63) is 59.7 Å². The van der Waals surface area contributed by atoms with E-state index in [9.17, 15) is 0 Å². The first kappa shape index (κ1) is 26.1. The largest absolute Gasteiger partial charge is 0.383 e. The highest BCUT2D eigenvalue weighted by molar-refractivity contribution is 5.51. The van der Waals surface area contributed by atoms with Crippen molar-refractivity contribution in [2.45, 2.75) is 12.8 Å². The Bertz CT molecular complexity index is 657. The van der Waals surface area contributed by atoms with Gasteiger partial charge in [0.1, 0.15) is 0 Å². The van der Waals surface area contributed by atoms with E-state index in [0.29, 0.717) is 19.1 Å². The lowest BCUT2D eigenvalue weighted by molar-refractivity contribution is 0.190. The van der Waals surface area contributed by atoms with Crippen molar-refractivity contribution < 1.29 is 14.2 Å². The summed E-state index contributed by atoms with van der Waals surface area (Å²) in [6.07, 6.45) is 0. The molecule has 1 unspecified atom stereocenters. The van der Waals surface area contributed by atoms with E-state index in [-0.39, 0.29) is 0 Å². The highest BCUT2D eigenvalue weighted by Crippen LogP contribution is 2.28. The molecule has 0 aliphatic carbocycles. The molecule has 0 spiro atoms. The van der Waals surface area contributed by atoms with Crippen molar-refractivity contribution in [1.82, 2.24) is 5.32 Å². The van der Waals surface area contributed by atoms with Crippen LogP contribution in [0.1, 0.15) is 24.0 Å². The molecule has 1 atom stereocenters. The van der Waals surface area contributed by atoms with Crippen LogP contribution in [0.25, 0.3) is 0 Å². The number of likely N-dealkylation sites (N-methyl/N-ethyl adjacent to an activating group) is 1. The molecular weight excluding hydrogens is 402 g/mol. The molecule has 0 saturated heterocycles. The first-order chi connectivity index (χ1) is 15.6. The Morgan fingerprint density at radius 3 is 1.38 bits per heavy atom. The van der Waals surface area contributed by atoms with Crippen LogP contribution in [0.5, 0.6) is 0 Å². The number of benzene rings is 2. The number of hydrogen-bond acceptors (Lipinski definition) is 6. The van der Waals surface area contributed by atoms with Gasteiger partial charge in [-0.2, -0.15) is 0 Å². The van der Waals surface area contributed by atoms with E-state index in [1.54, 1.807) is 21.3 Å². The third-order valence-corrected chi connectivity index (χ3v) is 5.84. The lowest BCUT2D eigenvalue weighted by atomic mass is 9.93. The lowest BCUT2D eigenvalue weighted by Crippen LogP contribution is -2.33. The Morgan fingerprint density at radius 2 is 1.03 bits per heavy atom. The molecule has 0 radical (unpaired) electrons. The van der Waals surface area contributed by atoms with Crippen molar-refractivity contribution >= 4 is 11.4 Å². The zero-order valence-corrected chi connectivity index (χ0v) is 20.5. The fraction of sp³-hybridized carbons (Fsp3) is 0.538. The summed E-state index contributed by atoms with van der Waals surface area (Å²) in [5.41, 5.74) is 5.06. The van der Waals surface area contributed by atoms with Crippen LogP contribution in [0, 0.1) is 0 Å². The minimum absolute atomic E-state index is 0.328. The topological polar surface area (TPSA) is 46.2 Å². The number of methoxy groups -OCH3 is 3. The summed E-state index contributed by atoms with van der Waals surface area (Å²) in [5.74, 6) is 0.328. The predicted octanol–water partition coefficient (Wildman–Crippen LogP) is 3.61. The number of anilines is 2. The monoisotopic (exact) mass is 443 g/mol.